The van der Waals surface area contributed by atoms with Gasteiger partial charge in [-0.2, -0.15) is 0 Å². The highest BCUT2D eigenvalue weighted by molar-refractivity contribution is 7.26. The molecule has 0 aliphatic carbocycles. The van der Waals surface area contributed by atoms with Gasteiger partial charge < -0.3 is 9.64 Å². The minimum absolute atomic E-state index is 0.852. The summed E-state index contributed by atoms with van der Waals surface area (Å²) in [7, 11) is 0. The van der Waals surface area contributed by atoms with Crippen molar-refractivity contribution in [2.24, 2.45) is 0 Å². The molecule has 0 radical (unpaired) electrons. The van der Waals surface area contributed by atoms with E-state index in [0.717, 1.165) is 50.8 Å². The minimum atomic E-state index is 0.852. The molecule has 0 N–H and O–H groups in total. The van der Waals surface area contributed by atoms with Gasteiger partial charge >= 0.3 is 0 Å². The molecule has 0 spiro atoms. The first-order valence-electron chi connectivity index (χ1n) is 21.5. The van der Waals surface area contributed by atoms with Gasteiger partial charge in [-0.1, -0.05) is 164 Å². The molecule has 1 aliphatic rings. The summed E-state index contributed by atoms with van der Waals surface area (Å²) in [6.07, 6.45) is 0. The van der Waals surface area contributed by atoms with E-state index in [1.807, 2.05) is 23.5 Å². The second-order valence-corrected chi connectivity index (χ2v) is 17.4. The van der Waals surface area contributed by atoms with E-state index >= 15 is 0 Å². The summed E-state index contributed by atoms with van der Waals surface area (Å²) < 4.78 is 9.19. The van der Waals surface area contributed by atoms with Gasteiger partial charge in [0.25, 0.3) is 0 Å². The van der Waals surface area contributed by atoms with Crippen molar-refractivity contribution in [3.63, 3.8) is 0 Å². The fourth-order valence-corrected chi connectivity index (χ4v) is 11.2. The van der Waals surface area contributed by atoms with Gasteiger partial charge in [0.2, 0.25) is 0 Å². The van der Waals surface area contributed by atoms with Crippen molar-refractivity contribution in [2.45, 2.75) is 0 Å². The molecule has 3 heteroatoms. The Hall–Kier alpha value is -7.98. The fourth-order valence-electron chi connectivity index (χ4n) is 10.1. The maximum Gasteiger partial charge on any atom is 0.135 e. The van der Waals surface area contributed by atoms with E-state index in [2.05, 4.69) is 217 Å². The van der Waals surface area contributed by atoms with E-state index in [1.54, 1.807) is 0 Å². The van der Waals surface area contributed by atoms with E-state index in [4.69, 9.17) is 4.74 Å². The molecular weight excluding hydrogens is 783 g/mol. The van der Waals surface area contributed by atoms with Gasteiger partial charge in [0.15, 0.2) is 0 Å². The monoisotopic (exact) mass is 819 g/mol. The first-order chi connectivity index (χ1) is 31.3. The lowest BCUT2D eigenvalue weighted by Gasteiger charge is -2.27. The average Bonchev–Trinajstić information content (AvgIpc) is 3.66. The Morgan fingerprint density at radius 1 is 0.270 bits per heavy atom. The van der Waals surface area contributed by atoms with Crippen LogP contribution in [0.2, 0.25) is 0 Å². The molecule has 13 rings (SSSR count). The number of hydrogen-bond acceptors (Lipinski definition) is 3. The van der Waals surface area contributed by atoms with Gasteiger partial charge in [-0.25, -0.2) is 0 Å². The second-order valence-electron chi connectivity index (χ2n) is 16.3. The van der Waals surface area contributed by atoms with E-state index in [0.29, 0.717) is 0 Å². The Labute approximate surface area is 368 Å². The van der Waals surface area contributed by atoms with Crippen LogP contribution in [0.1, 0.15) is 0 Å². The van der Waals surface area contributed by atoms with Crippen molar-refractivity contribution >= 4 is 102 Å². The van der Waals surface area contributed by atoms with Crippen molar-refractivity contribution in [1.82, 2.24) is 0 Å². The van der Waals surface area contributed by atoms with Crippen LogP contribution >= 0.6 is 11.3 Å². The SMILES string of the molecule is c1ccc(N(c2ccc3c(c2)-c2ccccc2Oc2ccccc2-3)c2ccc3c(c2)c2ccccc2c2ccccc2c2ccccc2c2c3ccc3sc4ccccc4c32)cc1. The average molecular weight is 820 g/mol. The van der Waals surface area contributed by atoms with Crippen LogP contribution in [0, 0.1) is 0 Å². The van der Waals surface area contributed by atoms with Crippen LogP contribution in [0.4, 0.5) is 17.1 Å². The van der Waals surface area contributed by atoms with Gasteiger partial charge in [-0.3, -0.25) is 0 Å². The molecule has 0 amide bonds. The molecule has 1 aromatic heterocycles. The topological polar surface area (TPSA) is 12.5 Å². The standard InChI is InChI=1S/C60H37NOS/c1-2-16-38(17-3-1)61(40-30-32-46-48-23-10-13-27-55(48)62-56-28-14-11-24-49(56)54(46)37-40)39-31-33-47-51-34-35-58-60(52-26-12-15-29-57(52)63-58)59(51)50-25-9-8-21-44(50)42-19-5-4-18-41(42)43-20-6-7-22-45(43)53(47)36-39/h1-37H. The molecule has 63 heavy (non-hydrogen) atoms. The molecule has 2 nitrogen and oxygen atoms in total. The largest absolute Gasteiger partial charge is 0.456 e. The van der Waals surface area contributed by atoms with Crippen LogP contribution < -0.4 is 9.64 Å². The highest BCUT2D eigenvalue weighted by Gasteiger charge is 2.23. The van der Waals surface area contributed by atoms with Gasteiger partial charge in [0, 0.05) is 48.4 Å². The zero-order valence-electron chi connectivity index (χ0n) is 34.1. The first-order valence-corrected chi connectivity index (χ1v) is 22.3. The molecule has 0 saturated carbocycles. The molecule has 11 aromatic carbocycles. The van der Waals surface area contributed by atoms with E-state index in [9.17, 15) is 0 Å². The molecule has 294 valence electrons. The van der Waals surface area contributed by atoms with Crippen LogP contribution in [0.15, 0.2) is 224 Å². The van der Waals surface area contributed by atoms with Crippen LogP contribution in [0.5, 0.6) is 11.5 Å². The lowest BCUT2D eigenvalue weighted by Crippen LogP contribution is -2.10. The molecule has 0 saturated heterocycles. The number of benzene rings is 10. The number of hydrogen-bond donors (Lipinski definition) is 0. The Morgan fingerprint density at radius 2 is 0.746 bits per heavy atom. The Morgan fingerprint density at radius 3 is 1.44 bits per heavy atom. The summed E-state index contributed by atoms with van der Waals surface area (Å²) >= 11 is 1.88. The third-order valence-electron chi connectivity index (χ3n) is 12.9. The highest BCUT2D eigenvalue weighted by atomic mass is 32.1. The summed E-state index contributed by atoms with van der Waals surface area (Å²) in [5.41, 5.74) is 7.65. The van der Waals surface area contributed by atoms with Gasteiger partial charge in [-0.05, 0) is 126 Å². The number of para-hydroxylation sites is 3. The zero-order chi connectivity index (χ0) is 41.4. The van der Waals surface area contributed by atoms with Crippen LogP contribution in [-0.4, -0.2) is 0 Å². The summed E-state index contributed by atoms with van der Waals surface area (Å²) in [5.74, 6) is 1.71. The predicted octanol–water partition coefficient (Wildman–Crippen LogP) is 17.9. The number of nitrogens with zero attached hydrogens (tertiary/aromatic N) is 1. The minimum Gasteiger partial charge on any atom is -0.456 e. The van der Waals surface area contributed by atoms with Gasteiger partial charge in [0.05, 0.1) is 0 Å². The summed E-state index contributed by atoms with van der Waals surface area (Å²) in [6, 6.07) is 82.0. The van der Waals surface area contributed by atoms with E-state index in [1.165, 1.54) is 74.0 Å². The Balaban J connectivity index is 1.18. The number of ether oxygens (including phenoxy) is 1. The number of thiophene rings is 1. The Bertz CT molecular complexity index is 3900. The maximum atomic E-state index is 6.60. The van der Waals surface area contributed by atoms with Crippen LogP contribution in [0.3, 0.4) is 0 Å². The maximum absolute atomic E-state index is 6.60. The van der Waals surface area contributed by atoms with Gasteiger partial charge in [-0.15, -0.1) is 11.3 Å². The van der Waals surface area contributed by atoms with Gasteiger partial charge in [0.1, 0.15) is 11.5 Å². The van der Waals surface area contributed by atoms with E-state index < -0.39 is 0 Å². The van der Waals surface area contributed by atoms with Crippen molar-refractivity contribution in [3.8, 4) is 33.8 Å². The summed E-state index contributed by atoms with van der Waals surface area (Å²) in [6.45, 7) is 0. The lowest BCUT2D eigenvalue weighted by molar-refractivity contribution is 0.488. The summed E-state index contributed by atoms with van der Waals surface area (Å²) in [5, 5.41) is 14.8. The third-order valence-corrected chi connectivity index (χ3v) is 14.0. The molecule has 0 unspecified atom stereocenters. The number of rotatable bonds is 3. The quantitative estimate of drug-likeness (QED) is 0.176. The predicted molar refractivity (Wildman–Crippen MR) is 270 cm³/mol. The smallest absolute Gasteiger partial charge is 0.135 e. The first kappa shape index (κ1) is 35.7. The Kier molecular flexibility index (Phi) is 8.12. The fraction of sp³-hybridized carbons (Fsp3) is 0. The number of anilines is 3. The van der Waals surface area contributed by atoms with E-state index in [-0.39, 0.29) is 0 Å². The lowest BCUT2D eigenvalue weighted by atomic mass is 9.92. The van der Waals surface area contributed by atoms with Crippen molar-refractivity contribution < 1.29 is 4.74 Å². The van der Waals surface area contributed by atoms with Crippen LogP contribution in [0.25, 0.3) is 96.3 Å². The molecule has 12 aromatic rings. The number of fused-ring (bicyclic) bond motifs is 19. The molecular formula is C60H37NOS. The molecule has 0 fully saturated rings. The highest BCUT2D eigenvalue weighted by Crippen LogP contribution is 2.50. The second kappa shape index (κ2) is 14.3. The van der Waals surface area contributed by atoms with Crippen molar-refractivity contribution in [2.75, 3.05) is 4.90 Å². The molecule has 2 heterocycles. The van der Waals surface area contributed by atoms with Crippen LogP contribution in [-0.2, 0) is 0 Å². The third kappa shape index (κ3) is 5.64. The zero-order valence-corrected chi connectivity index (χ0v) is 34.9. The summed E-state index contributed by atoms with van der Waals surface area (Å²) in [4.78, 5) is 2.40. The van der Waals surface area contributed by atoms with Crippen molar-refractivity contribution in [3.05, 3.63) is 224 Å². The molecule has 0 atom stereocenters. The molecule has 1 aliphatic heterocycles. The molecule has 0 bridgehead atoms. The van der Waals surface area contributed by atoms with Crippen molar-refractivity contribution in [1.29, 1.82) is 0 Å². The normalized spacial score (nSPS) is 11.9.